The molecule has 2 heterocycles. The number of hydrogen-bond donors (Lipinski definition) is 0. The molecule has 4 radical (unpaired) electrons. The van der Waals surface area contributed by atoms with Gasteiger partial charge in [0.05, 0.1) is 21.4 Å². The van der Waals surface area contributed by atoms with Crippen LogP contribution in [0.5, 0.6) is 0 Å². The molecule has 0 unspecified atom stereocenters. The van der Waals surface area contributed by atoms with Crippen LogP contribution in [-0.4, -0.2) is 32.5 Å². The van der Waals surface area contributed by atoms with E-state index in [-0.39, 0.29) is 0 Å². The first-order valence-electron chi connectivity index (χ1n) is 6.83. The van der Waals surface area contributed by atoms with E-state index in [0.29, 0.717) is 5.92 Å². The van der Waals surface area contributed by atoms with Gasteiger partial charge in [0.25, 0.3) is 0 Å². The lowest BCUT2D eigenvalue weighted by molar-refractivity contribution is 0.764. The highest BCUT2D eigenvalue weighted by Gasteiger charge is 2.37. The van der Waals surface area contributed by atoms with E-state index in [1.165, 1.54) is 5.56 Å². The van der Waals surface area contributed by atoms with Gasteiger partial charge in [-0.05, 0) is 16.8 Å². The Balaban J connectivity index is 2.37. The molecule has 2 aromatic rings. The van der Waals surface area contributed by atoms with Crippen LogP contribution in [0.3, 0.4) is 0 Å². The number of aromatic nitrogens is 2. The van der Waals surface area contributed by atoms with Crippen molar-refractivity contribution in [3.8, 4) is 11.3 Å². The molecular weight excluding hydrogens is 244 g/mol. The topological polar surface area (TPSA) is 21.1 Å². The third kappa shape index (κ3) is 1.65. The minimum absolute atomic E-state index is 0.397. The average molecular weight is 261 g/mol. The van der Waals surface area contributed by atoms with Crippen LogP contribution in [-0.2, 0) is 12.4 Å². The number of anilines is 1. The number of aryl methyl sites for hydroxylation is 1. The molecule has 0 spiro atoms. The van der Waals surface area contributed by atoms with E-state index in [9.17, 15) is 0 Å². The Bertz CT molecular complexity index is 674. The normalized spacial score (nSPS) is 16.1. The summed E-state index contributed by atoms with van der Waals surface area (Å²) in [5, 5.41) is 3.51. The Morgan fingerprint density at radius 1 is 1.20 bits per heavy atom. The molecule has 0 bridgehead atoms. The number of nitrogens with zero attached hydrogens (tertiary/aromatic N) is 3. The largest absolute Gasteiger partial charge is 0.381 e. The minimum atomic E-state index is -1.04. The van der Waals surface area contributed by atoms with Crippen LogP contribution in [0, 0.1) is 0 Å². The lowest BCUT2D eigenvalue weighted by Crippen LogP contribution is -2.48. The van der Waals surface area contributed by atoms with Gasteiger partial charge in [0.15, 0.2) is 0 Å². The van der Waals surface area contributed by atoms with Crippen molar-refractivity contribution >= 4 is 21.4 Å². The Morgan fingerprint density at radius 3 is 2.55 bits per heavy atom. The van der Waals surface area contributed by atoms with Crippen molar-refractivity contribution < 1.29 is 0 Å². The van der Waals surface area contributed by atoms with Crippen LogP contribution in [0.2, 0.25) is 0 Å². The number of fused-ring (bicyclic) bond motifs is 3. The quantitative estimate of drug-likeness (QED) is 0.733. The number of hydrogen-bond acceptors (Lipinski definition) is 2. The molecule has 1 aliphatic rings. The Hall–Kier alpha value is -1.64. The zero-order chi connectivity index (χ0) is 14.7. The molecule has 1 aromatic heterocycles. The van der Waals surface area contributed by atoms with E-state index >= 15 is 0 Å². The number of rotatable bonds is 1. The zero-order valence-electron chi connectivity index (χ0n) is 12.4. The number of benzene rings is 1. The smallest absolute Gasteiger partial charge is 0.0983 e. The van der Waals surface area contributed by atoms with Gasteiger partial charge in [-0.2, -0.15) is 5.10 Å². The molecule has 0 aliphatic carbocycles. The minimum Gasteiger partial charge on any atom is -0.381 e. The van der Waals surface area contributed by atoms with Crippen LogP contribution in [0.25, 0.3) is 11.3 Å². The Morgan fingerprint density at radius 2 is 1.90 bits per heavy atom. The van der Waals surface area contributed by atoms with Crippen LogP contribution >= 0.6 is 0 Å². The van der Waals surface area contributed by atoms with Crippen molar-refractivity contribution in [2.24, 2.45) is 7.05 Å². The highest BCUT2D eigenvalue weighted by atomic mass is 15.3. The molecule has 98 valence electrons. The second kappa shape index (κ2) is 4.18. The molecule has 5 heteroatoms. The number of para-hydroxylation sites is 1. The van der Waals surface area contributed by atoms with Gasteiger partial charge in [-0.15, -0.1) is 0 Å². The Kier molecular flexibility index (Phi) is 2.79. The van der Waals surface area contributed by atoms with Crippen LogP contribution in [0.15, 0.2) is 24.4 Å². The fraction of sp³-hybridized carbons (Fsp3) is 0.400. The summed E-state index contributed by atoms with van der Waals surface area (Å²) in [5.74, 6) is 0.397. The summed E-state index contributed by atoms with van der Waals surface area (Å²) in [5.41, 5.74) is 5.16. The van der Waals surface area contributed by atoms with Crippen molar-refractivity contribution in [2.45, 2.75) is 25.1 Å². The average Bonchev–Trinajstić information content (AvgIpc) is 2.78. The second-order valence-electron chi connectivity index (χ2n) is 5.85. The molecule has 0 fully saturated rings. The monoisotopic (exact) mass is 261 g/mol. The van der Waals surface area contributed by atoms with Crippen LogP contribution < -0.4 is 4.90 Å². The maximum Gasteiger partial charge on any atom is 0.0983 e. The summed E-state index contributed by atoms with van der Waals surface area (Å²) in [4.78, 5) is 1.96. The first-order valence-corrected chi connectivity index (χ1v) is 6.83. The Labute approximate surface area is 122 Å². The summed E-state index contributed by atoms with van der Waals surface area (Å²) >= 11 is 0. The van der Waals surface area contributed by atoms with Crippen molar-refractivity contribution in [2.75, 3.05) is 11.9 Å². The van der Waals surface area contributed by atoms with Crippen molar-refractivity contribution in [1.82, 2.24) is 9.78 Å². The fourth-order valence-electron chi connectivity index (χ4n) is 2.94. The molecule has 1 aromatic carbocycles. The lowest BCUT2D eigenvalue weighted by atomic mass is 9.55. The van der Waals surface area contributed by atoms with Crippen molar-refractivity contribution in [1.29, 1.82) is 0 Å². The van der Waals surface area contributed by atoms with E-state index in [2.05, 4.69) is 37.1 Å². The molecular formula is C15H17B2N3. The molecule has 3 rings (SSSR count). The van der Waals surface area contributed by atoms with Gasteiger partial charge in [-0.3, -0.25) is 4.68 Å². The molecule has 0 amide bonds. The SMILES string of the molecule is [B]C1([B])c2cn(C)nc2-c2cccc(C(C)C)c2N1C. The molecule has 20 heavy (non-hydrogen) atoms. The standard InChI is InChI=1S/C15H17B2N3/c1-9(2)10-6-5-7-11-13-12(8-19(3)18-13)15(16,17)20(4)14(10)11/h5-9H,1-4H3. The summed E-state index contributed by atoms with van der Waals surface area (Å²) in [6, 6.07) is 6.28. The fourth-order valence-corrected chi connectivity index (χ4v) is 2.94. The van der Waals surface area contributed by atoms with E-state index in [0.717, 1.165) is 22.5 Å². The molecule has 1 aliphatic heterocycles. The van der Waals surface area contributed by atoms with Crippen molar-refractivity contribution in [3.05, 3.63) is 35.5 Å². The van der Waals surface area contributed by atoms with Gasteiger partial charge in [0.1, 0.15) is 0 Å². The summed E-state index contributed by atoms with van der Waals surface area (Å²) in [7, 11) is 16.6. The van der Waals surface area contributed by atoms with Gasteiger partial charge >= 0.3 is 0 Å². The molecule has 0 atom stereocenters. The first-order chi connectivity index (χ1) is 9.34. The molecule has 0 saturated carbocycles. The van der Waals surface area contributed by atoms with Gasteiger partial charge < -0.3 is 4.90 Å². The van der Waals surface area contributed by atoms with Gasteiger partial charge in [0, 0.05) is 37.1 Å². The van der Waals surface area contributed by atoms with Gasteiger partial charge in [0.2, 0.25) is 0 Å². The third-order valence-corrected chi connectivity index (χ3v) is 4.10. The van der Waals surface area contributed by atoms with Crippen LogP contribution in [0.1, 0.15) is 30.9 Å². The predicted octanol–water partition coefficient (Wildman–Crippen LogP) is 2.11. The van der Waals surface area contributed by atoms with Gasteiger partial charge in [-0.25, -0.2) is 0 Å². The lowest BCUT2D eigenvalue weighted by Gasteiger charge is -2.44. The van der Waals surface area contributed by atoms with Crippen LogP contribution in [0.4, 0.5) is 5.69 Å². The third-order valence-electron chi connectivity index (χ3n) is 4.10. The maximum absolute atomic E-state index is 6.38. The summed E-state index contributed by atoms with van der Waals surface area (Å²) in [6.07, 6.45) is 1.90. The highest BCUT2D eigenvalue weighted by molar-refractivity contribution is 6.42. The van der Waals surface area contributed by atoms with E-state index < -0.39 is 5.34 Å². The molecule has 0 saturated heterocycles. The predicted molar refractivity (Wildman–Crippen MR) is 84.3 cm³/mol. The maximum atomic E-state index is 6.38. The zero-order valence-corrected chi connectivity index (χ0v) is 12.4. The van der Waals surface area contributed by atoms with E-state index in [1.54, 1.807) is 4.68 Å². The summed E-state index contributed by atoms with van der Waals surface area (Å²) < 4.78 is 1.77. The van der Waals surface area contributed by atoms with E-state index in [4.69, 9.17) is 15.7 Å². The summed E-state index contributed by atoms with van der Waals surface area (Å²) in [6.45, 7) is 4.35. The highest BCUT2D eigenvalue weighted by Crippen LogP contribution is 2.46. The molecule has 0 N–H and O–H groups in total. The van der Waals surface area contributed by atoms with E-state index in [1.807, 2.05) is 25.2 Å². The first kappa shape index (κ1) is 13.3. The molecule has 3 nitrogen and oxygen atoms in total. The van der Waals surface area contributed by atoms with Crippen molar-refractivity contribution in [3.63, 3.8) is 0 Å². The second-order valence-corrected chi connectivity index (χ2v) is 5.85. The van der Waals surface area contributed by atoms with Gasteiger partial charge in [-0.1, -0.05) is 32.0 Å².